The molecule has 0 saturated heterocycles. The second-order valence-corrected chi connectivity index (χ2v) is 11.6. The lowest BCUT2D eigenvalue weighted by Crippen LogP contribution is -2.54. The predicted molar refractivity (Wildman–Crippen MR) is 157 cm³/mol. The van der Waals surface area contributed by atoms with Crippen molar-refractivity contribution < 1.29 is 19.1 Å². The first-order valence-electron chi connectivity index (χ1n) is 14.6. The molecular weight excluding hydrogens is 504 g/mol. The highest BCUT2D eigenvalue weighted by molar-refractivity contribution is 6.06. The Kier molecular flexibility index (Phi) is 9.85. The number of primary amides is 1. The number of amides is 3. The molecule has 4 atom stereocenters. The van der Waals surface area contributed by atoms with Gasteiger partial charge in [0.15, 0.2) is 0 Å². The van der Waals surface area contributed by atoms with Gasteiger partial charge in [0.1, 0.15) is 11.8 Å². The fraction of sp³-hybridized carbons (Fsp3) is 0.531. The molecule has 8 nitrogen and oxygen atoms in total. The van der Waals surface area contributed by atoms with Gasteiger partial charge in [0.2, 0.25) is 17.7 Å². The minimum atomic E-state index is -0.610. The summed E-state index contributed by atoms with van der Waals surface area (Å²) < 4.78 is 5.30. The van der Waals surface area contributed by atoms with Crippen molar-refractivity contribution in [2.24, 2.45) is 23.5 Å². The van der Waals surface area contributed by atoms with Crippen LogP contribution in [0, 0.1) is 17.8 Å². The molecular formula is C32H44N4O4. The van der Waals surface area contributed by atoms with E-state index in [4.69, 9.17) is 10.5 Å². The van der Waals surface area contributed by atoms with Crippen molar-refractivity contribution in [3.63, 3.8) is 0 Å². The van der Waals surface area contributed by atoms with Crippen LogP contribution in [-0.2, 0) is 33.8 Å². The quantitative estimate of drug-likeness (QED) is 0.353. The number of aryl methyl sites for hydroxylation is 1. The number of ether oxygens (including phenoxy) is 1. The largest absolute Gasteiger partial charge is 0.497 e. The summed E-state index contributed by atoms with van der Waals surface area (Å²) in [5.41, 5.74) is 9.75. The van der Waals surface area contributed by atoms with Crippen LogP contribution in [0.15, 0.2) is 42.5 Å². The Labute approximate surface area is 238 Å². The Morgan fingerprint density at radius 3 is 2.60 bits per heavy atom. The molecule has 2 aromatic rings. The molecule has 0 saturated carbocycles. The lowest BCUT2D eigenvalue weighted by molar-refractivity contribution is -0.127. The zero-order chi connectivity index (χ0) is 28.8. The maximum atomic E-state index is 14.1. The van der Waals surface area contributed by atoms with E-state index in [1.165, 1.54) is 0 Å². The molecule has 0 bridgehead atoms. The number of anilines is 1. The number of rotatable bonds is 13. The van der Waals surface area contributed by atoms with E-state index in [9.17, 15) is 14.4 Å². The van der Waals surface area contributed by atoms with Crippen molar-refractivity contribution in [3.05, 3.63) is 59.2 Å². The molecule has 0 spiro atoms. The molecule has 0 radical (unpaired) electrons. The van der Waals surface area contributed by atoms with Crippen molar-refractivity contribution in [2.75, 3.05) is 18.6 Å². The molecule has 40 heavy (non-hydrogen) atoms. The number of nitrogens with zero attached hydrogens (tertiary/aromatic N) is 1. The SMILES string of the molecule is CCC[C@@H](C(N)=O)[C@H](CN[C@H]1CCc2cccc3c2N(C1=O)[C@H](C(=O)NCc1cccc(OC)c1)C3)CC(C)C. The minimum Gasteiger partial charge on any atom is -0.497 e. The third-order valence-electron chi connectivity index (χ3n) is 8.25. The third-order valence-corrected chi connectivity index (χ3v) is 8.25. The van der Waals surface area contributed by atoms with Crippen LogP contribution in [0.1, 0.15) is 63.1 Å². The van der Waals surface area contributed by atoms with E-state index < -0.39 is 12.1 Å². The van der Waals surface area contributed by atoms with Gasteiger partial charge < -0.3 is 21.1 Å². The first-order chi connectivity index (χ1) is 19.2. The number of carbonyl (C=O) groups is 3. The molecule has 2 heterocycles. The van der Waals surface area contributed by atoms with Crippen molar-refractivity contribution in [2.45, 2.75) is 77.9 Å². The minimum absolute atomic E-state index is 0.0481. The average Bonchev–Trinajstić information content (AvgIpc) is 3.27. The maximum absolute atomic E-state index is 14.1. The zero-order valence-electron chi connectivity index (χ0n) is 24.2. The Morgan fingerprint density at radius 1 is 1.15 bits per heavy atom. The summed E-state index contributed by atoms with van der Waals surface area (Å²) in [5.74, 6) is 0.422. The lowest BCUT2D eigenvalue weighted by Gasteiger charge is -2.31. The van der Waals surface area contributed by atoms with Crippen molar-refractivity contribution in [3.8, 4) is 5.75 Å². The van der Waals surface area contributed by atoms with E-state index in [0.29, 0.717) is 31.8 Å². The fourth-order valence-electron chi connectivity index (χ4n) is 6.33. The Bertz CT molecular complexity index is 1210. The van der Waals surface area contributed by atoms with Crippen LogP contribution in [0.4, 0.5) is 5.69 Å². The van der Waals surface area contributed by atoms with Crippen molar-refractivity contribution >= 4 is 23.4 Å². The van der Waals surface area contributed by atoms with Crippen LogP contribution in [0.3, 0.4) is 0 Å². The van der Waals surface area contributed by atoms with Gasteiger partial charge in [-0.2, -0.15) is 0 Å². The number of nitrogens with two attached hydrogens (primary N) is 1. The second kappa shape index (κ2) is 13.3. The molecule has 216 valence electrons. The standard InChI is InChI=1S/C32H44N4O4/c1-5-8-26(30(33)37)24(15-20(2)3)19-34-27-14-13-22-10-7-11-23-17-28(36(29(22)23)32(27)39)31(38)35-18-21-9-6-12-25(16-21)40-4/h6-7,9-12,16,20,24,26-28,34H,5,8,13-15,17-19H2,1-4H3,(H2,33,37)(H,35,38)/t24-,26+,27-,28-/m0/s1. The summed E-state index contributed by atoms with van der Waals surface area (Å²) in [6.45, 7) is 7.23. The van der Waals surface area contributed by atoms with E-state index >= 15 is 0 Å². The van der Waals surface area contributed by atoms with Gasteiger partial charge in [0.25, 0.3) is 0 Å². The van der Waals surface area contributed by atoms with Gasteiger partial charge in [0, 0.05) is 18.9 Å². The fourth-order valence-corrected chi connectivity index (χ4v) is 6.33. The Morgan fingerprint density at radius 2 is 1.90 bits per heavy atom. The molecule has 2 aromatic carbocycles. The zero-order valence-corrected chi connectivity index (χ0v) is 24.2. The second-order valence-electron chi connectivity index (χ2n) is 11.6. The summed E-state index contributed by atoms with van der Waals surface area (Å²) >= 11 is 0. The molecule has 0 fully saturated rings. The van der Waals surface area contributed by atoms with Crippen LogP contribution < -0.4 is 26.0 Å². The van der Waals surface area contributed by atoms with Crippen LogP contribution in [-0.4, -0.2) is 43.5 Å². The van der Waals surface area contributed by atoms with Gasteiger partial charge in [-0.25, -0.2) is 0 Å². The predicted octanol–water partition coefficient (Wildman–Crippen LogP) is 3.74. The Hall–Kier alpha value is -3.39. The Balaban J connectivity index is 1.52. The molecule has 3 amide bonds. The first-order valence-corrected chi connectivity index (χ1v) is 14.6. The lowest BCUT2D eigenvalue weighted by atomic mass is 9.82. The van der Waals surface area contributed by atoms with Crippen LogP contribution in [0.5, 0.6) is 5.75 Å². The molecule has 0 aliphatic carbocycles. The summed E-state index contributed by atoms with van der Waals surface area (Å²) in [5, 5.41) is 6.56. The molecule has 8 heteroatoms. The van der Waals surface area contributed by atoms with Crippen molar-refractivity contribution in [1.29, 1.82) is 0 Å². The highest BCUT2D eigenvalue weighted by atomic mass is 16.5. The molecule has 2 aliphatic rings. The third kappa shape index (κ3) is 6.66. The van der Waals surface area contributed by atoms with Gasteiger partial charge in [-0.1, -0.05) is 57.5 Å². The highest BCUT2D eigenvalue weighted by Gasteiger charge is 2.43. The van der Waals surface area contributed by atoms with E-state index in [-0.39, 0.29) is 29.6 Å². The highest BCUT2D eigenvalue weighted by Crippen LogP contribution is 2.39. The number of hydrogen-bond acceptors (Lipinski definition) is 5. The number of carbonyl (C=O) groups excluding carboxylic acids is 3. The average molecular weight is 549 g/mol. The van der Waals surface area contributed by atoms with Crippen LogP contribution >= 0.6 is 0 Å². The van der Waals surface area contributed by atoms with Crippen LogP contribution in [0.25, 0.3) is 0 Å². The number of para-hydroxylation sites is 1. The molecule has 4 N–H and O–H groups in total. The number of methoxy groups -OCH3 is 1. The number of nitrogens with one attached hydrogen (secondary N) is 2. The summed E-state index contributed by atoms with van der Waals surface area (Å²) in [7, 11) is 1.61. The van der Waals surface area contributed by atoms with Crippen LogP contribution in [0.2, 0.25) is 0 Å². The normalized spacial score (nSPS) is 19.6. The summed E-state index contributed by atoms with van der Waals surface area (Å²) in [6.07, 6.45) is 4.33. The number of benzene rings is 2. The van der Waals surface area contributed by atoms with Gasteiger partial charge >= 0.3 is 0 Å². The smallest absolute Gasteiger partial charge is 0.244 e. The topological polar surface area (TPSA) is 114 Å². The number of hydrogen-bond donors (Lipinski definition) is 3. The van der Waals surface area contributed by atoms with E-state index in [2.05, 4.69) is 37.5 Å². The maximum Gasteiger partial charge on any atom is 0.244 e. The summed E-state index contributed by atoms with van der Waals surface area (Å²) in [4.78, 5) is 41.7. The molecule has 4 rings (SSSR count). The van der Waals surface area contributed by atoms with E-state index in [1.807, 2.05) is 36.4 Å². The van der Waals surface area contributed by atoms with E-state index in [1.54, 1.807) is 12.0 Å². The van der Waals surface area contributed by atoms with Gasteiger partial charge in [-0.3, -0.25) is 19.3 Å². The molecule has 0 aromatic heterocycles. The monoisotopic (exact) mass is 548 g/mol. The summed E-state index contributed by atoms with van der Waals surface area (Å²) in [6, 6.07) is 12.6. The van der Waals surface area contributed by atoms with E-state index in [0.717, 1.165) is 53.8 Å². The van der Waals surface area contributed by atoms with Gasteiger partial charge in [-0.15, -0.1) is 0 Å². The first kappa shape index (κ1) is 29.6. The van der Waals surface area contributed by atoms with Gasteiger partial charge in [0.05, 0.1) is 18.8 Å². The molecule has 2 aliphatic heterocycles. The molecule has 0 unspecified atom stereocenters. The van der Waals surface area contributed by atoms with Crippen molar-refractivity contribution in [1.82, 2.24) is 10.6 Å². The van der Waals surface area contributed by atoms with Gasteiger partial charge in [-0.05, 0) is 72.9 Å².